The van der Waals surface area contributed by atoms with Crippen LogP contribution in [0.5, 0.6) is 0 Å². The molecule has 0 unspecified atom stereocenters. The molecule has 0 fully saturated rings. The minimum atomic E-state index is -0.404. The summed E-state index contributed by atoms with van der Waals surface area (Å²) < 4.78 is 0. The Hall–Kier alpha value is -1.91. The molecule has 110 valence electrons. The maximum absolute atomic E-state index is 11.0. The summed E-state index contributed by atoms with van der Waals surface area (Å²) in [5.41, 5.74) is 3.01. The lowest BCUT2D eigenvalue weighted by Gasteiger charge is -2.08. The van der Waals surface area contributed by atoms with E-state index in [0.29, 0.717) is 23.7 Å². The normalized spacial score (nSPS) is 10.6. The number of nitro benzene ring substituents is 1. The van der Waals surface area contributed by atoms with Crippen molar-refractivity contribution in [2.24, 2.45) is 0 Å². The molecule has 0 radical (unpaired) electrons. The molecule has 2 aromatic rings. The summed E-state index contributed by atoms with van der Waals surface area (Å²) in [7, 11) is 0. The zero-order valence-corrected chi connectivity index (χ0v) is 12.6. The van der Waals surface area contributed by atoms with Crippen LogP contribution < -0.4 is 5.32 Å². The number of aryl methyl sites for hydroxylation is 1. The molecule has 5 heteroatoms. The quantitative estimate of drug-likeness (QED) is 0.645. The van der Waals surface area contributed by atoms with E-state index >= 15 is 0 Å². The van der Waals surface area contributed by atoms with Gasteiger partial charge in [0.2, 0.25) is 0 Å². The molecule has 2 aromatic carbocycles. The zero-order valence-electron chi connectivity index (χ0n) is 11.8. The van der Waals surface area contributed by atoms with Crippen LogP contribution in [0.2, 0.25) is 5.02 Å². The Morgan fingerprint density at radius 2 is 1.76 bits per heavy atom. The van der Waals surface area contributed by atoms with Crippen molar-refractivity contribution >= 4 is 17.3 Å². The van der Waals surface area contributed by atoms with Crippen molar-refractivity contribution in [3.8, 4) is 0 Å². The Morgan fingerprint density at radius 3 is 2.38 bits per heavy atom. The number of hydrogen-bond donors (Lipinski definition) is 1. The van der Waals surface area contributed by atoms with Crippen molar-refractivity contribution in [2.75, 3.05) is 0 Å². The van der Waals surface area contributed by atoms with Gasteiger partial charge in [0, 0.05) is 19.2 Å². The summed E-state index contributed by atoms with van der Waals surface area (Å²) in [6.45, 7) is 3.13. The topological polar surface area (TPSA) is 55.2 Å². The van der Waals surface area contributed by atoms with Crippen molar-refractivity contribution in [1.29, 1.82) is 0 Å². The Balaban J connectivity index is 2.01. The van der Waals surface area contributed by atoms with E-state index in [2.05, 4.69) is 36.5 Å². The molecule has 21 heavy (non-hydrogen) atoms. The number of halogens is 1. The van der Waals surface area contributed by atoms with E-state index in [1.807, 2.05) is 0 Å². The Kier molecular flexibility index (Phi) is 5.31. The van der Waals surface area contributed by atoms with Crippen molar-refractivity contribution in [2.45, 2.75) is 26.4 Å². The van der Waals surface area contributed by atoms with Crippen LogP contribution >= 0.6 is 11.6 Å². The highest BCUT2D eigenvalue weighted by atomic mass is 35.5. The first-order chi connectivity index (χ1) is 10.1. The van der Waals surface area contributed by atoms with Crippen molar-refractivity contribution < 1.29 is 4.92 Å². The van der Waals surface area contributed by atoms with E-state index in [1.54, 1.807) is 12.1 Å². The molecular formula is C16H17ClN2O2. The highest BCUT2D eigenvalue weighted by molar-refractivity contribution is 6.31. The van der Waals surface area contributed by atoms with Crippen molar-refractivity contribution in [3.63, 3.8) is 0 Å². The first kappa shape index (κ1) is 15.5. The number of nitrogens with zero attached hydrogens (tertiary/aromatic N) is 1. The summed E-state index contributed by atoms with van der Waals surface area (Å²) in [6.07, 6.45) is 1.01. The van der Waals surface area contributed by atoms with Crippen LogP contribution in [0.4, 0.5) is 5.69 Å². The third-order valence-corrected chi connectivity index (χ3v) is 3.71. The molecule has 0 amide bonds. The second kappa shape index (κ2) is 7.20. The summed E-state index contributed by atoms with van der Waals surface area (Å²) in [6, 6.07) is 13.0. The van der Waals surface area contributed by atoms with Crippen LogP contribution in [0.3, 0.4) is 0 Å². The maximum atomic E-state index is 11.0. The molecule has 0 saturated heterocycles. The molecule has 0 aliphatic rings. The van der Waals surface area contributed by atoms with Crippen molar-refractivity contribution in [3.05, 3.63) is 74.3 Å². The lowest BCUT2D eigenvalue weighted by molar-refractivity contribution is -0.385. The molecule has 0 saturated carbocycles. The van der Waals surface area contributed by atoms with E-state index < -0.39 is 4.92 Å². The fourth-order valence-corrected chi connectivity index (χ4v) is 2.35. The molecule has 0 atom stereocenters. The average Bonchev–Trinajstić information content (AvgIpc) is 2.49. The molecule has 0 aromatic heterocycles. The highest BCUT2D eigenvalue weighted by Crippen LogP contribution is 2.25. The summed E-state index contributed by atoms with van der Waals surface area (Å²) in [5, 5.41) is 14.6. The van der Waals surface area contributed by atoms with Gasteiger partial charge in [-0.25, -0.2) is 0 Å². The number of rotatable bonds is 6. The smallest absolute Gasteiger partial charge is 0.275 e. The van der Waals surface area contributed by atoms with Gasteiger partial charge in [0.1, 0.15) is 0 Å². The van der Waals surface area contributed by atoms with Gasteiger partial charge in [-0.3, -0.25) is 10.1 Å². The molecule has 0 bridgehead atoms. The number of benzene rings is 2. The second-order valence-corrected chi connectivity index (χ2v) is 5.18. The fraction of sp³-hybridized carbons (Fsp3) is 0.250. The number of nitro groups is 1. The molecule has 0 aliphatic carbocycles. The molecule has 0 aliphatic heterocycles. The van der Waals surface area contributed by atoms with E-state index in [-0.39, 0.29) is 5.69 Å². The van der Waals surface area contributed by atoms with Crippen LogP contribution in [0.15, 0.2) is 42.5 Å². The van der Waals surface area contributed by atoms with Gasteiger partial charge in [-0.2, -0.15) is 0 Å². The van der Waals surface area contributed by atoms with Gasteiger partial charge in [-0.05, 0) is 23.6 Å². The van der Waals surface area contributed by atoms with Crippen LogP contribution in [-0.2, 0) is 19.5 Å². The van der Waals surface area contributed by atoms with Gasteiger partial charge in [-0.1, -0.05) is 48.9 Å². The maximum Gasteiger partial charge on any atom is 0.275 e. The third-order valence-electron chi connectivity index (χ3n) is 3.35. The van der Waals surface area contributed by atoms with Gasteiger partial charge in [0.25, 0.3) is 5.69 Å². The van der Waals surface area contributed by atoms with Gasteiger partial charge in [-0.15, -0.1) is 0 Å². The van der Waals surface area contributed by atoms with Crippen LogP contribution in [0.1, 0.15) is 23.6 Å². The Bertz CT molecular complexity index is 627. The lowest BCUT2D eigenvalue weighted by Crippen LogP contribution is -2.14. The van der Waals surface area contributed by atoms with E-state index in [9.17, 15) is 10.1 Å². The molecule has 4 nitrogen and oxygen atoms in total. The van der Waals surface area contributed by atoms with E-state index in [0.717, 1.165) is 12.0 Å². The lowest BCUT2D eigenvalue weighted by atomic mass is 10.1. The Morgan fingerprint density at radius 1 is 1.10 bits per heavy atom. The standard InChI is InChI=1S/C16H17ClN2O2/c1-2-12-6-8-13(9-7-12)10-18-11-14-15(17)4-3-5-16(14)19(20)21/h3-9,18H,2,10-11H2,1H3. The molecule has 1 N–H and O–H groups in total. The number of nitrogens with one attached hydrogen (secondary N) is 1. The summed E-state index contributed by atoms with van der Waals surface area (Å²) in [5.74, 6) is 0. The van der Waals surface area contributed by atoms with Gasteiger partial charge >= 0.3 is 0 Å². The minimum Gasteiger partial charge on any atom is -0.308 e. The van der Waals surface area contributed by atoms with Crippen LogP contribution in [0, 0.1) is 10.1 Å². The average molecular weight is 305 g/mol. The second-order valence-electron chi connectivity index (χ2n) is 4.77. The SMILES string of the molecule is CCc1ccc(CNCc2c(Cl)cccc2[N+](=O)[O-])cc1. The predicted molar refractivity (Wildman–Crippen MR) is 84.5 cm³/mol. The first-order valence-electron chi connectivity index (χ1n) is 6.82. The van der Waals surface area contributed by atoms with E-state index in [1.165, 1.54) is 11.6 Å². The van der Waals surface area contributed by atoms with Crippen molar-refractivity contribution in [1.82, 2.24) is 5.32 Å². The largest absolute Gasteiger partial charge is 0.308 e. The van der Waals surface area contributed by atoms with Gasteiger partial charge in [0.05, 0.1) is 15.5 Å². The van der Waals surface area contributed by atoms with Crippen LogP contribution in [-0.4, -0.2) is 4.92 Å². The molecular weight excluding hydrogens is 288 g/mol. The Labute approximate surface area is 128 Å². The summed E-state index contributed by atoms with van der Waals surface area (Å²) in [4.78, 5) is 10.6. The van der Waals surface area contributed by atoms with E-state index in [4.69, 9.17) is 11.6 Å². The first-order valence-corrected chi connectivity index (χ1v) is 7.20. The third kappa shape index (κ3) is 4.03. The molecule has 0 heterocycles. The van der Waals surface area contributed by atoms with Gasteiger partial charge < -0.3 is 5.32 Å². The van der Waals surface area contributed by atoms with Gasteiger partial charge in [0.15, 0.2) is 0 Å². The molecule has 0 spiro atoms. The predicted octanol–water partition coefficient (Wildman–Crippen LogP) is 4.10. The highest BCUT2D eigenvalue weighted by Gasteiger charge is 2.15. The number of hydrogen-bond acceptors (Lipinski definition) is 3. The zero-order chi connectivity index (χ0) is 15.2. The fourth-order valence-electron chi connectivity index (χ4n) is 2.12. The van der Waals surface area contributed by atoms with Crippen LogP contribution in [0.25, 0.3) is 0 Å². The minimum absolute atomic E-state index is 0.0522. The monoisotopic (exact) mass is 304 g/mol. The molecule has 2 rings (SSSR count). The summed E-state index contributed by atoms with van der Waals surface area (Å²) >= 11 is 6.05.